The van der Waals surface area contributed by atoms with Crippen molar-refractivity contribution in [1.82, 2.24) is 5.32 Å². The van der Waals surface area contributed by atoms with Crippen LogP contribution >= 0.6 is 0 Å². The summed E-state index contributed by atoms with van der Waals surface area (Å²) in [6.45, 7) is 5.33. The monoisotopic (exact) mass is 357 g/mol. The molecule has 1 aromatic carbocycles. The summed E-state index contributed by atoms with van der Waals surface area (Å²) in [5, 5.41) is 24.0. The van der Waals surface area contributed by atoms with Gasteiger partial charge in [-0.15, -0.1) is 0 Å². The van der Waals surface area contributed by atoms with Crippen LogP contribution in [0.15, 0.2) is 23.9 Å². The Morgan fingerprint density at radius 3 is 2.62 bits per heavy atom. The molecule has 3 rings (SSSR count). The predicted molar refractivity (Wildman–Crippen MR) is 107 cm³/mol. The van der Waals surface area contributed by atoms with Crippen molar-refractivity contribution < 1.29 is 10.2 Å². The Morgan fingerprint density at radius 1 is 1.12 bits per heavy atom. The van der Waals surface area contributed by atoms with Gasteiger partial charge >= 0.3 is 0 Å². The van der Waals surface area contributed by atoms with Gasteiger partial charge in [-0.3, -0.25) is 0 Å². The molecule has 0 amide bonds. The molecule has 0 spiro atoms. The Bertz CT molecular complexity index is 615. The minimum Gasteiger partial charge on any atom is -0.393 e. The molecule has 0 bridgehead atoms. The van der Waals surface area contributed by atoms with E-state index in [9.17, 15) is 10.2 Å². The van der Waals surface area contributed by atoms with Crippen LogP contribution in [0, 0.1) is 11.8 Å². The van der Waals surface area contributed by atoms with Crippen molar-refractivity contribution in [2.75, 3.05) is 0 Å². The van der Waals surface area contributed by atoms with Gasteiger partial charge in [0.2, 0.25) is 0 Å². The number of hydrogen-bond acceptors (Lipinski definition) is 3. The van der Waals surface area contributed by atoms with E-state index in [1.54, 1.807) is 0 Å². The van der Waals surface area contributed by atoms with Crippen molar-refractivity contribution >= 4 is 6.08 Å². The topological polar surface area (TPSA) is 52.5 Å². The molecule has 144 valence electrons. The van der Waals surface area contributed by atoms with Gasteiger partial charge in [0.05, 0.1) is 12.2 Å². The first kappa shape index (κ1) is 19.4. The standard InChI is InChI=1S/C23H35NO2/c1-16(2)5-3-8-23(26)21-7-4-6-18-15-24-19(14-22(18)21)13-17-9-11-20(25)12-10-17/h4,6-7,14,16-17,20,23-26H,3,5,8-13,15H2,1-2H3. The summed E-state index contributed by atoms with van der Waals surface area (Å²) in [7, 11) is 0. The van der Waals surface area contributed by atoms with Crippen LogP contribution in [-0.4, -0.2) is 16.3 Å². The zero-order valence-electron chi connectivity index (χ0n) is 16.4. The zero-order chi connectivity index (χ0) is 18.5. The number of hydrogen-bond donors (Lipinski definition) is 3. The van der Waals surface area contributed by atoms with Crippen LogP contribution in [0.4, 0.5) is 0 Å². The summed E-state index contributed by atoms with van der Waals surface area (Å²) >= 11 is 0. The van der Waals surface area contributed by atoms with Crippen molar-refractivity contribution in [3.63, 3.8) is 0 Å². The van der Waals surface area contributed by atoms with Gasteiger partial charge in [0, 0.05) is 12.2 Å². The summed E-state index contributed by atoms with van der Waals surface area (Å²) < 4.78 is 0. The van der Waals surface area contributed by atoms with E-state index >= 15 is 0 Å². The minimum atomic E-state index is -0.371. The fourth-order valence-corrected chi connectivity index (χ4v) is 4.35. The average Bonchev–Trinajstić information content (AvgIpc) is 2.62. The van der Waals surface area contributed by atoms with Crippen LogP contribution in [0.25, 0.3) is 6.08 Å². The highest BCUT2D eigenvalue weighted by molar-refractivity contribution is 5.63. The van der Waals surface area contributed by atoms with E-state index in [1.807, 2.05) is 0 Å². The first-order valence-corrected chi connectivity index (χ1v) is 10.4. The molecule has 1 saturated carbocycles. The number of fused-ring (bicyclic) bond motifs is 1. The quantitative estimate of drug-likeness (QED) is 0.648. The maximum Gasteiger partial charge on any atom is 0.0796 e. The van der Waals surface area contributed by atoms with Crippen molar-refractivity contribution in [3.8, 4) is 0 Å². The second-order valence-electron chi connectivity index (χ2n) is 8.66. The third kappa shape index (κ3) is 5.11. The van der Waals surface area contributed by atoms with Gasteiger partial charge in [-0.2, -0.15) is 0 Å². The van der Waals surface area contributed by atoms with Crippen LogP contribution in [0.1, 0.15) is 88.0 Å². The van der Waals surface area contributed by atoms with Gasteiger partial charge in [0.25, 0.3) is 0 Å². The van der Waals surface area contributed by atoms with E-state index in [0.29, 0.717) is 11.8 Å². The van der Waals surface area contributed by atoms with E-state index in [2.05, 4.69) is 43.4 Å². The highest BCUT2D eigenvalue weighted by Crippen LogP contribution is 2.33. The SMILES string of the molecule is CC(C)CCCC(O)c1cccc2c1C=C(CC1CCC(O)CC1)NC2. The Labute approximate surface area is 158 Å². The van der Waals surface area contributed by atoms with Gasteiger partial charge < -0.3 is 15.5 Å². The van der Waals surface area contributed by atoms with Gasteiger partial charge in [0.15, 0.2) is 0 Å². The lowest BCUT2D eigenvalue weighted by Crippen LogP contribution is -2.24. The van der Waals surface area contributed by atoms with Crippen LogP contribution in [0.2, 0.25) is 0 Å². The number of rotatable bonds is 7. The highest BCUT2D eigenvalue weighted by atomic mass is 16.3. The lowest BCUT2D eigenvalue weighted by molar-refractivity contribution is 0.108. The van der Waals surface area contributed by atoms with Crippen LogP contribution < -0.4 is 5.32 Å². The Hall–Kier alpha value is -1.32. The highest BCUT2D eigenvalue weighted by Gasteiger charge is 2.23. The average molecular weight is 358 g/mol. The number of nitrogens with one attached hydrogen (secondary N) is 1. The number of aliphatic hydroxyl groups is 2. The molecular weight excluding hydrogens is 322 g/mol. The maximum absolute atomic E-state index is 10.7. The first-order chi connectivity index (χ1) is 12.5. The number of aliphatic hydroxyl groups excluding tert-OH is 2. The second kappa shape index (κ2) is 9.05. The second-order valence-corrected chi connectivity index (χ2v) is 8.66. The number of allylic oxidation sites excluding steroid dienone is 1. The first-order valence-electron chi connectivity index (χ1n) is 10.4. The lowest BCUT2D eigenvalue weighted by atomic mass is 9.83. The smallest absolute Gasteiger partial charge is 0.0796 e. The molecule has 1 atom stereocenters. The molecule has 0 saturated heterocycles. The molecule has 3 nitrogen and oxygen atoms in total. The normalized spacial score (nSPS) is 24.0. The molecular formula is C23H35NO2. The largest absolute Gasteiger partial charge is 0.393 e. The Kier molecular flexibility index (Phi) is 6.77. The van der Waals surface area contributed by atoms with Crippen LogP contribution in [0.3, 0.4) is 0 Å². The summed E-state index contributed by atoms with van der Waals surface area (Å²) in [5.74, 6) is 1.36. The summed E-state index contributed by atoms with van der Waals surface area (Å²) in [6, 6.07) is 6.33. The van der Waals surface area contributed by atoms with Crippen molar-refractivity contribution in [3.05, 3.63) is 40.6 Å². The summed E-state index contributed by atoms with van der Waals surface area (Å²) in [5.41, 5.74) is 4.90. The Morgan fingerprint density at radius 2 is 1.88 bits per heavy atom. The van der Waals surface area contributed by atoms with Crippen molar-refractivity contribution in [2.45, 2.75) is 84.0 Å². The van der Waals surface area contributed by atoms with Gasteiger partial charge in [-0.1, -0.05) is 44.9 Å². The van der Waals surface area contributed by atoms with Crippen LogP contribution in [-0.2, 0) is 6.54 Å². The van der Waals surface area contributed by atoms with E-state index in [0.717, 1.165) is 57.1 Å². The fourth-order valence-electron chi connectivity index (χ4n) is 4.35. The molecule has 3 N–H and O–H groups in total. The van der Waals surface area contributed by atoms with Gasteiger partial charge in [0.1, 0.15) is 0 Å². The van der Waals surface area contributed by atoms with Crippen molar-refractivity contribution in [2.24, 2.45) is 11.8 Å². The molecule has 1 heterocycles. The van der Waals surface area contributed by atoms with Crippen molar-refractivity contribution in [1.29, 1.82) is 0 Å². The molecule has 26 heavy (non-hydrogen) atoms. The third-order valence-corrected chi connectivity index (χ3v) is 6.00. The zero-order valence-corrected chi connectivity index (χ0v) is 16.4. The van der Waals surface area contributed by atoms with Crippen LogP contribution in [0.5, 0.6) is 0 Å². The minimum absolute atomic E-state index is 0.0899. The summed E-state index contributed by atoms with van der Waals surface area (Å²) in [4.78, 5) is 0. The Balaban J connectivity index is 1.69. The molecule has 1 aliphatic carbocycles. The predicted octanol–water partition coefficient (Wildman–Crippen LogP) is 4.93. The molecule has 1 fully saturated rings. The molecule has 1 aromatic rings. The summed E-state index contributed by atoms with van der Waals surface area (Å²) in [6.07, 6.45) is 10.1. The number of benzene rings is 1. The van der Waals surface area contributed by atoms with E-state index in [1.165, 1.54) is 23.2 Å². The van der Waals surface area contributed by atoms with Gasteiger partial charge in [-0.25, -0.2) is 0 Å². The van der Waals surface area contributed by atoms with E-state index in [4.69, 9.17) is 0 Å². The molecule has 0 radical (unpaired) electrons. The maximum atomic E-state index is 10.7. The molecule has 1 aliphatic heterocycles. The molecule has 1 unspecified atom stereocenters. The van der Waals surface area contributed by atoms with E-state index in [-0.39, 0.29) is 12.2 Å². The molecule has 0 aromatic heterocycles. The van der Waals surface area contributed by atoms with E-state index < -0.39 is 0 Å². The molecule has 3 heteroatoms. The lowest BCUT2D eigenvalue weighted by Gasteiger charge is -2.29. The third-order valence-electron chi connectivity index (χ3n) is 6.00. The van der Waals surface area contributed by atoms with Gasteiger partial charge in [-0.05, 0) is 73.1 Å². The molecule has 2 aliphatic rings. The fraction of sp³-hybridized carbons (Fsp3) is 0.652.